The van der Waals surface area contributed by atoms with Crippen molar-refractivity contribution in [1.82, 2.24) is 5.32 Å². The van der Waals surface area contributed by atoms with E-state index in [0.717, 1.165) is 18.4 Å². The van der Waals surface area contributed by atoms with Crippen molar-refractivity contribution in [3.05, 3.63) is 28.8 Å². The van der Waals surface area contributed by atoms with Gasteiger partial charge in [0.15, 0.2) is 6.29 Å². The number of aldehydes is 1. The molecule has 0 heterocycles. The molecule has 0 spiro atoms. The molecule has 0 aliphatic carbocycles. The predicted molar refractivity (Wildman–Crippen MR) is 73.4 cm³/mol. The largest absolute Gasteiger partial charge is 0.362 e. The van der Waals surface area contributed by atoms with E-state index in [4.69, 9.17) is 11.6 Å². The molecule has 5 heteroatoms. The van der Waals surface area contributed by atoms with Crippen LogP contribution < -0.4 is 10.2 Å². The van der Waals surface area contributed by atoms with E-state index in [2.05, 4.69) is 5.32 Å². The lowest BCUT2D eigenvalue weighted by atomic mass is 10.1. The number of anilines is 1. The lowest BCUT2D eigenvalue weighted by Crippen LogP contribution is -2.36. The Morgan fingerprint density at radius 3 is 2.78 bits per heavy atom. The van der Waals surface area contributed by atoms with E-state index >= 15 is 0 Å². The number of carbonyl (C=O) groups is 2. The molecule has 0 unspecified atom stereocenters. The lowest BCUT2D eigenvalue weighted by molar-refractivity contribution is -0.119. The third-order valence-corrected chi connectivity index (χ3v) is 2.80. The van der Waals surface area contributed by atoms with Crippen molar-refractivity contribution in [3.8, 4) is 0 Å². The van der Waals surface area contributed by atoms with Crippen molar-refractivity contribution < 1.29 is 9.59 Å². The zero-order valence-electron chi connectivity index (χ0n) is 10.6. The van der Waals surface area contributed by atoms with Crippen LogP contribution in [0, 0.1) is 0 Å². The molecule has 1 amide bonds. The number of nitrogens with zero attached hydrogens (tertiary/aromatic N) is 1. The zero-order valence-corrected chi connectivity index (χ0v) is 11.3. The van der Waals surface area contributed by atoms with Crippen molar-refractivity contribution in [2.75, 3.05) is 25.0 Å². The van der Waals surface area contributed by atoms with Gasteiger partial charge in [0, 0.05) is 29.9 Å². The summed E-state index contributed by atoms with van der Waals surface area (Å²) < 4.78 is 0. The highest BCUT2D eigenvalue weighted by molar-refractivity contribution is 6.31. The van der Waals surface area contributed by atoms with E-state index in [1.165, 1.54) is 0 Å². The van der Waals surface area contributed by atoms with Gasteiger partial charge < -0.3 is 10.2 Å². The molecule has 1 N–H and O–H groups in total. The minimum atomic E-state index is -0.0877. The summed E-state index contributed by atoms with van der Waals surface area (Å²) in [5.41, 5.74) is 1.24. The van der Waals surface area contributed by atoms with Gasteiger partial charge >= 0.3 is 0 Å². The Morgan fingerprint density at radius 1 is 1.50 bits per heavy atom. The summed E-state index contributed by atoms with van der Waals surface area (Å²) in [4.78, 5) is 24.4. The van der Waals surface area contributed by atoms with E-state index in [9.17, 15) is 9.59 Å². The topological polar surface area (TPSA) is 49.4 Å². The van der Waals surface area contributed by atoms with Crippen LogP contribution in [0.15, 0.2) is 18.2 Å². The van der Waals surface area contributed by atoms with Crippen LogP contribution in [0.4, 0.5) is 5.69 Å². The minimum Gasteiger partial charge on any atom is -0.362 e. The Labute approximate surface area is 112 Å². The molecule has 0 aliphatic heterocycles. The van der Waals surface area contributed by atoms with E-state index in [-0.39, 0.29) is 12.5 Å². The highest BCUT2D eigenvalue weighted by Crippen LogP contribution is 2.23. The van der Waals surface area contributed by atoms with E-state index < -0.39 is 0 Å². The molecule has 0 saturated heterocycles. The number of rotatable bonds is 6. The van der Waals surface area contributed by atoms with Gasteiger partial charge in [-0.3, -0.25) is 9.59 Å². The van der Waals surface area contributed by atoms with Gasteiger partial charge in [0.1, 0.15) is 0 Å². The van der Waals surface area contributed by atoms with Gasteiger partial charge in [-0.2, -0.15) is 0 Å². The zero-order chi connectivity index (χ0) is 13.5. The van der Waals surface area contributed by atoms with E-state index in [1.807, 2.05) is 11.8 Å². The Morgan fingerprint density at radius 2 is 2.22 bits per heavy atom. The number of halogens is 1. The molecule has 0 fully saturated rings. The van der Waals surface area contributed by atoms with Gasteiger partial charge in [0.2, 0.25) is 5.91 Å². The molecule has 1 aromatic carbocycles. The maximum Gasteiger partial charge on any atom is 0.239 e. The molecule has 0 aromatic heterocycles. The maximum absolute atomic E-state index is 11.5. The number of carbonyl (C=O) groups excluding carboxylic acids is 2. The van der Waals surface area contributed by atoms with Crippen LogP contribution in [-0.4, -0.2) is 32.3 Å². The maximum atomic E-state index is 11.5. The number of amides is 1. The number of hydrogen-bond donors (Lipinski definition) is 1. The highest BCUT2D eigenvalue weighted by Gasteiger charge is 2.13. The predicted octanol–water partition coefficient (Wildman–Crippen LogP) is 2.11. The van der Waals surface area contributed by atoms with Crippen LogP contribution in [0.1, 0.15) is 23.7 Å². The molecule has 0 saturated carbocycles. The molecule has 0 aliphatic rings. The summed E-state index contributed by atoms with van der Waals surface area (Å²) >= 11 is 5.85. The summed E-state index contributed by atoms with van der Waals surface area (Å²) in [6.45, 7) is 2.95. The number of benzene rings is 1. The minimum absolute atomic E-state index is 0.0877. The highest BCUT2D eigenvalue weighted by atomic mass is 35.5. The fourth-order valence-corrected chi connectivity index (χ4v) is 1.90. The SMILES string of the molecule is CCCN(CC(=O)NC)c1ccc(Cl)cc1C=O. The number of hydrogen-bond acceptors (Lipinski definition) is 3. The Hall–Kier alpha value is -1.55. The second-order valence-electron chi connectivity index (χ2n) is 3.92. The molecule has 18 heavy (non-hydrogen) atoms. The molecule has 98 valence electrons. The van der Waals surface area contributed by atoms with Crippen LogP contribution in [0.25, 0.3) is 0 Å². The fraction of sp³-hybridized carbons (Fsp3) is 0.385. The van der Waals surface area contributed by atoms with Gasteiger partial charge in [0.25, 0.3) is 0 Å². The van der Waals surface area contributed by atoms with Crippen molar-refractivity contribution in [2.45, 2.75) is 13.3 Å². The molecule has 0 bridgehead atoms. The average molecular weight is 269 g/mol. The average Bonchev–Trinajstić information content (AvgIpc) is 2.37. The van der Waals surface area contributed by atoms with Gasteiger partial charge in [-0.15, -0.1) is 0 Å². The first-order valence-corrected chi connectivity index (χ1v) is 6.20. The molecule has 0 atom stereocenters. The summed E-state index contributed by atoms with van der Waals surface area (Å²) in [7, 11) is 1.59. The van der Waals surface area contributed by atoms with Crippen LogP contribution >= 0.6 is 11.6 Å². The third kappa shape index (κ3) is 3.74. The summed E-state index contributed by atoms with van der Waals surface area (Å²) in [6.07, 6.45) is 1.64. The summed E-state index contributed by atoms with van der Waals surface area (Å²) in [6, 6.07) is 5.09. The van der Waals surface area contributed by atoms with Crippen molar-refractivity contribution in [3.63, 3.8) is 0 Å². The Bertz CT molecular complexity index is 435. The van der Waals surface area contributed by atoms with Crippen molar-refractivity contribution in [2.24, 2.45) is 0 Å². The fourth-order valence-electron chi connectivity index (χ4n) is 1.71. The van der Waals surface area contributed by atoms with Gasteiger partial charge in [-0.1, -0.05) is 18.5 Å². The summed E-state index contributed by atoms with van der Waals surface area (Å²) in [5.74, 6) is -0.0877. The van der Waals surface area contributed by atoms with Crippen LogP contribution in [0.3, 0.4) is 0 Å². The van der Waals surface area contributed by atoms with E-state index in [0.29, 0.717) is 17.1 Å². The number of nitrogens with one attached hydrogen (secondary N) is 1. The molecular formula is C13H17ClN2O2. The standard InChI is InChI=1S/C13H17ClN2O2/c1-3-6-16(8-13(18)15-2)12-5-4-11(14)7-10(12)9-17/h4-5,7,9H,3,6,8H2,1-2H3,(H,15,18). The second-order valence-corrected chi connectivity index (χ2v) is 4.35. The van der Waals surface area contributed by atoms with Crippen LogP contribution in [-0.2, 0) is 4.79 Å². The normalized spacial score (nSPS) is 9.94. The lowest BCUT2D eigenvalue weighted by Gasteiger charge is -2.24. The second kappa shape index (κ2) is 7.01. The Balaban J connectivity index is 3.04. The first-order valence-electron chi connectivity index (χ1n) is 5.82. The van der Waals surface area contributed by atoms with Crippen LogP contribution in [0.2, 0.25) is 5.02 Å². The molecule has 0 radical (unpaired) electrons. The smallest absolute Gasteiger partial charge is 0.239 e. The van der Waals surface area contributed by atoms with Crippen molar-refractivity contribution >= 4 is 29.5 Å². The van der Waals surface area contributed by atoms with Gasteiger partial charge in [0.05, 0.1) is 6.54 Å². The molecular weight excluding hydrogens is 252 g/mol. The monoisotopic (exact) mass is 268 g/mol. The van der Waals surface area contributed by atoms with Gasteiger partial charge in [-0.05, 0) is 24.6 Å². The van der Waals surface area contributed by atoms with E-state index in [1.54, 1.807) is 25.2 Å². The molecule has 4 nitrogen and oxygen atoms in total. The first kappa shape index (κ1) is 14.5. The van der Waals surface area contributed by atoms with Crippen LogP contribution in [0.5, 0.6) is 0 Å². The van der Waals surface area contributed by atoms with Gasteiger partial charge in [-0.25, -0.2) is 0 Å². The number of likely N-dealkylation sites (N-methyl/N-ethyl adjacent to an activating group) is 1. The molecule has 1 aromatic rings. The third-order valence-electron chi connectivity index (χ3n) is 2.56. The quantitative estimate of drug-likeness (QED) is 0.804. The molecule has 1 rings (SSSR count). The Kier molecular flexibility index (Phi) is 5.65. The first-order chi connectivity index (χ1) is 8.62. The summed E-state index contributed by atoms with van der Waals surface area (Å²) in [5, 5.41) is 3.09. The van der Waals surface area contributed by atoms with Crippen molar-refractivity contribution in [1.29, 1.82) is 0 Å².